The minimum Gasteiger partial charge on any atom is -0.342 e. The highest BCUT2D eigenvalue weighted by atomic mass is 16.2. The van der Waals surface area contributed by atoms with E-state index in [1.54, 1.807) is 11.0 Å². The number of aromatic amines is 1. The minimum absolute atomic E-state index is 0.103. The summed E-state index contributed by atoms with van der Waals surface area (Å²) in [5, 5.41) is 11.6. The van der Waals surface area contributed by atoms with Gasteiger partial charge in [0.1, 0.15) is 12.7 Å². The van der Waals surface area contributed by atoms with Gasteiger partial charge in [-0.3, -0.25) is 14.6 Å². The number of hydrogen-bond acceptors (Lipinski definition) is 4. The first kappa shape index (κ1) is 18.4. The first-order valence-corrected chi connectivity index (χ1v) is 9.83. The summed E-state index contributed by atoms with van der Waals surface area (Å²) < 4.78 is 1.72. The number of aryl methyl sites for hydroxylation is 1. The molecule has 0 bridgehead atoms. The van der Waals surface area contributed by atoms with Gasteiger partial charge in [0.2, 0.25) is 5.91 Å². The Balaban J connectivity index is 1.40. The van der Waals surface area contributed by atoms with Gasteiger partial charge in [-0.15, -0.1) is 0 Å². The minimum atomic E-state index is -0.103. The van der Waals surface area contributed by atoms with Gasteiger partial charge in [0.25, 0.3) is 0 Å². The van der Waals surface area contributed by atoms with Crippen molar-refractivity contribution < 1.29 is 4.79 Å². The quantitative estimate of drug-likeness (QED) is 0.740. The number of piperidine rings is 1. The lowest BCUT2D eigenvalue weighted by Crippen LogP contribution is -2.41. The Morgan fingerprint density at radius 3 is 2.86 bits per heavy atom. The first-order valence-electron chi connectivity index (χ1n) is 9.83. The molecule has 0 unspecified atom stereocenters. The van der Waals surface area contributed by atoms with Crippen molar-refractivity contribution in [3.63, 3.8) is 0 Å². The fourth-order valence-electron chi connectivity index (χ4n) is 4.04. The number of H-pyrrole nitrogens is 1. The number of amides is 1. The van der Waals surface area contributed by atoms with Crippen LogP contribution in [0.1, 0.15) is 36.9 Å². The number of benzene rings is 1. The monoisotopic (exact) mass is 378 g/mol. The molecule has 1 fully saturated rings. The summed E-state index contributed by atoms with van der Waals surface area (Å²) in [5.74, 6) is 0.485. The van der Waals surface area contributed by atoms with Crippen molar-refractivity contribution in [1.29, 1.82) is 0 Å². The molecule has 7 nitrogen and oxygen atoms in total. The van der Waals surface area contributed by atoms with E-state index in [9.17, 15) is 4.79 Å². The largest absolute Gasteiger partial charge is 0.342 e. The van der Waals surface area contributed by atoms with Crippen molar-refractivity contribution in [2.45, 2.75) is 39.2 Å². The van der Waals surface area contributed by atoms with Crippen LogP contribution in [0.2, 0.25) is 0 Å². The van der Waals surface area contributed by atoms with Gasteiger partial charge in [-0.05, 0) is 25.3 Å². The van der Waals surface area contributed by atoms with Crippen LogP contribution in [-0.4, -0.2) is 48.9 Å². The van der Waals surface area contributed by atoms with Crippen molar-refractivity contribution in [3.8, 4) is 11.1 Å². The number of nitrogens with one attached hydrogen (secondary N) is 1. The van der Waals surface area contributed by atoms with Crippen LogP contribution in [0.5, 0.6) is 0 Å². The van der Waals surface area contributed by atoms with E-state index >= 15 is 0 Å². The van der Waals surface area contributed by atoms with E-state index in [-0.39, 0.29) is 11.8 Å². The molecule has 4 rings (SSSR count). The molecule has 3 heterocycles. The van der Waals surface area contributed by atoms with Gasteiger partial charge in [-0.2, -0.15) is 10.2 Å². The van der Waals surface area contributed by atoms with Crippen LogP contribution in [0.4, 0.5) is 0 Å². The van der Waals surface area contributed by atoms with Gasteiger partial charge in [-0.25, -0.2) is 4.98 Å². The van der Waals surface area contributed by atoms with Crippen molar-refractivity contribution in [3.05, 3.63) is 54.4 Å². The van der Waals surface area contributed by atoms with Crippen molar-refractivity contribution in [1.82, 2.24) is 29.9 Å². The number of aromatic nitrogens is 5. The highest BCUT2D eigenvalue weighted by Gasteiger charge is 2.29. The van der Waals surface area contributed by atoms with Crippen LogP contribution in [0.15, 0.2) is 43.1 Å². The van der Waals surface area contributed by atoms with Crippen LogP contribution in [-0.2, 0) is 11.3 Å². The van der Waals surface area contributed by atoms with Gasteiger partial charge in [-0.1, -0.05) is 36.8 Å². The predicted octanol–water partition coefficient (Wildman–Crippen LogP) is 3.02. The van der Waals surface area contributed by atoms with Crippen LogP contribution >= 0.6 is 0 Å². The van der Waals surface area contributed by atoms with Gasteiger partial charge < -0.3 is 4.90 Å². The zero-order valence-corrected chi connectivity index (χ0v) is 16.4. The maximum Gasteiger partial charge on any atom is 0.227 e. The molecule has 0 spiro atoms. The maximum atomic E-state index is 12.8. The third-order valence-electron chi connectivity index (χ3n) is 5.56. The van der Waals surface area contributed by atoms with Gasteiger partial charge in [0.15, 0.2) is 0 Å². The molecular formula is C21H26N6O. The topological polar surface area (TPSA) is 79.7 Å². The molecule has 3 aromatic rings. The summed E-state index contributed by atoms with van der Waals surface area (Å²) in [6.45, 7) is 6.18. The molecule has 28 heavy (non-hydrogen) atoms. The lowest BCUT2D eigenvalue weighted by Gasteiger charge is -2.33. The average molecular weight is 378 g/mol. The van der Waals surface area contributed by atoms with E-state index < -0.39 is 0 Å². The zero-order chi connectivity index (χ0) is 19.5. The summed E-state index contributed by atoms with van der Waals surface area (Å²) in [7, 11) is 0. The molecule has 1 N–H and O–H groups in total. The van der Waals surface area contributed by atoms with E-state index in [0.29, 0.717) is 12.5 Å². The van der Waals surface area contributed by atoms with Crippen LogP contribution in [0.25, 0.3) is 11.1 Å². The Morgan fingerprint density at radius 2 is 2.14 bits per heavy atom. The maximum absolute atomic E-state index is 12.8. The van der Waals surface area contributed by atoms with E-state index in [0.717, 1.165) is 25.9 Å². The summed E-state index contributed by atoms with van der Waals surface area (Å²) in [5.41, 5.74) is 4.80. The molecule has 1 aliphatic rings. The molecule has 0 saturated carbocycles. The van der Waals surface area contributed by atoms with Crippen molar-refractivity contribution in [2.75, 3.05) is 13.1 Å². The number of nitrogens with zero attached hydrogens (tertiary/aromatic N) is 5. The molecule has 2 aromatic heterocycles. The standard InChI is InChI=1S/C21H26N6O/c1-15-4-3-5-18(10-15)19-11-23-25-20(19)17-6-8-26(9-7-17)21(28)16(2)12-27-14-22-13-24-27/h3-5,10-11,13-14,16-17H,6-9,12H2,1-2H3,(H,23,25)/t16-/m0/s1. The number of carbonyl (C=O) groups excluding carboxylic acids is 1. The van der Waals surface area contributed by atoms with Crippen LogP contribution < -0.4 is 0 Å². The summed E-state index contributed by atoms with van der Waals surface area (Å²) in [6.07, 6.45) is 6.97. The molecule has 1 aromatic carbocycles. The van der Waals surface area contributed by atoms with Gasteiger partial charge in [0.05, 0.1) is 18.7 Å². The lowest BCUT2D eigenvalue weighted by molar-refractivity contribution is -0.136. The molecule has 0 radical (unpaired) electrons. The van der Waals surface area contributed by atoms with Crippen LogP contribution in [0.3, 0.4) is 0 Å². The molecular weight excluding hydrogens is 352 g/mol. The number of hydrogen-bond donors (Lipinski definition) is 1. The van der Waals surface area contributed by atoms with Crippen molar-refractivity contribution >= 4 is 5.91 Å². The Labute approximate surface area is 164 Å². The summed E-state index contributed by atoms with van der Waals surface area (Å²) in [4.78, 5) is 18.7. The SMILES string of the molecule is Cc1cccc(-c2cn[nH]c2C2CCN(C(=O)[C@@H](C)Cn3cncn3)CC2)c1. The Hall–Kier alpha value is -2.96. The fourth-order valence-corrected chi connectivity index (χ4v) is 4.04. The predicted molar refractivity (Wildman–Crippen MR) is 107 cm³/mol. The van der Waals surface area contributed by atoms with E-state index in [2.05, 4.69) is 51.5 Å². The molecule has 1 atom stereocenters. The van der Waals surface area contributed by atoms with E-state index in [1.165, 1.54) is 28.7 Å². The fraction of sp³-hybridized carbons (Fsp3) is 0.429. The average Bonchev–Trinajstić information content (AvgIpc) is 3.39. The Bertz CT molecular complexity index is 924. The highest BCUT2D eigenvalue weighted by Crippen LogP contribution is 2.34. The Kier molecular flexibility index (Phi) is 5.23. The third kappa shape index (κ3) is 3.83. The van der Waals surface area contributed by atoms with Gasteiger partial charge >= 0.3 is 0 Å². The van der Waals surface area contributed by atoms with E-state index in [1.807, 2.05) is 18.0 Å². The van der Waals surface area contributed by atoms with Crippen LogP contribution in [0, 0.1) is 12.8 Å². The van der Waals surface area contributed by atoms with E-state index in [4.69, 9.17) is 0 Å². The molecule has 1 amide bonds. The second-order valence-electron chi connectivity index (χ2n) is 7.68. The highest BCUT2D eigenvalue weighted by molar-refractivity contribution is 5.78. The number of rotatable bonds is 5. The third-order valence-corrected chi connectivity index (χ3v) is 5.56. The second-order valence-corrected chi connectivity index (χ2v) is 7.68. The molecule has 7 heteroatoms. The lowest BCUT2D eigenvalue weighted by atomic mass is 9.89. The molecule has 146 valence electrons. The molecule has 0 aliphatic carbocycles. The normalized spacial score (nSPS) is 16.3. The Morgan fingerprint density at radius 1 is 1.32 bits per heavy atom. The van der Waals surface area contributed by atoms with Crippen molar-refractivity contribution in [2.24, 2.45) is 5.92 Å². The molecule has 1 saturated heterocycles. The molecule has 1 aliphatic heterocycles. The summed E-state index contributed by atoms with van der Waals surface area (Å²) in [6, 6.07) is 8.51. The number of carbonyl (C=O) groups is 1. The second kappa shape index (κ2) is 7.96. The summed E-state index contributed by atoms with van der Waals surface area (Å²) >= 11 is 0. The zero-order valence-electron chi connectivity index (χ0n) is 16.4. The number of likely N-dealkylation sites (tertiary alicyclic amines) is 1. The smallest absolute Gasteiger partial charge is 0.227 e. The first-order chi connectivity index (χ1) is 13.6. The van der Waals surface area contributed by atoms with Gasteiger partial charge in [0, 0.05) is 30.3 Å².